The van der Waals surface area contributed by atoms with Crippen LogP contribution in [0.15, 0.2) is 54.9 Å². The van der Waals surface area contributed by atoms with E-state index in [1.807, 2.05) is 18.2 Å². The summed E-state index contributed by atoms with van der Waals surface area (Å²) in [5.74, 6) is -2.14. The SMILES string of the molecule is O=C(O)c1sc(-n2cnc3c(C(=O)O)cccc32)nc1-c1ccccc1. The average Bonchev–Trinajstić information content (AvgIpc) is 3.26. The number of imidazole rings is 1. The summed E-state index contributed by atoms with van der Waals surface area (Å²) >= 11 is 1.01. The molecule has 8 heteroatoms. The maximum atomic E-state index is 11.7. The lowest BCUT2D eigenvalue weighted by atomic mass is 10.1. The van der Waals surface area contributed by atoms with Crippen molar-refractivity contribution >= 4 is 34.3 Å². The standard InChI is InChI=1S/C18H11N3O4S/c22-16(23)11-7-4-8-12-14(11)19-9-21(12)18-20-13(15(26-18)17(24)25)10-5-2-1-3-6-10/h1-9H,(H,22,23)(H,24,25). The van der Waals surface area contributed by atoms with Gasteiger partial charge in [0.05, 0.1) is 16.8 Å². The first-order valence-corrected chi connectivity index (χ1v) is 8.37. The highest BCUT2D eigenvalue weighted by molar-refractivity contribution is 7.16. The van der Waals surface area contributed by atoms with Gasteiger partial charge in [-0.05, 0) is 12.1 Å². The number of thiazole rings is 1. The van der Waals surface area contributed by atoms with Crippen molar-refractivity contribution in [2.45, 2.75) is 0 Å². The number of aromatic carboxylic acids is 2. The quantitative estimate of drug-likeness (QED) is 0.573. The van der Waals surface area contributed by atoms with Crippen molar-refractivity contribution in [1.82, 2.24) is 14.5 Å². The van der Waals surface area contributed by atoms with E-state index in [0.29, 0.717) is 27.4 Å². The zero-order valence-electron chi connectivity index (χ0n) is 13.2. The van der Waals surface area contributed by atoms with Gasteiger partial charge in [0.25, 0.3) is 0 Å². The molecule has 4 aromatic rings. The molecule has 0 saturated carbocycles. The molecule has 2 N–H and O–H groups in total. The zero-order chi connectivity index (χ0) is 18.3. The summed E-state index contributed by atoms with van der Waals surface area (Å²) in [5.41, 5.74) is 2.03. The Hall–Kier alpha value is -3.52. The molecular weight excluding hydrogens is 354 g/mol. The van der Waals surface area contributed by atoms with E-state index < -0.39 is 11.9 Å². The number of para-hydroxylation sites is 1. The predicted molar refractivity (Wildman–Crippen MR) is 96.1 cm³/mol. The van der Waals surface area contributed by atoms with Crippen LogP contribution in [0, 0.1) is 0 Å². The summed E-state index contributed by atoms with van der Waals surface area (Å²) in [6.45, 7) is 0. The van der Waals surface area contributed by atoms with E-state index in [1.165, 1.54) is 12.4 Å². The smallest absolute Gasteiger partial charge is 0.348 e. The van der Waals surface area contributed by atoms with Crippen LogP contribution in [0.25, 0.3) is 27.4 Å². The van der Waals surface area contributed by atoms with Crippen LogP contribution < -0.4 is 0 Å². The van der Waals surface area contributed by atoms with Crippen molar-refractivity contribution in [3.63, 3.8) is 0 Å². The van der Waals surface area contributed by atoms with Crippen molar-refractivity contribution in [3.05, 3.63) is 65.3 Å². The fraction of sp³-hybridized carbons (Fsp3) is 0. The number of aromatic nitrogens is 3. The van der Waals surface area contributed by atoms with Gasteiger partial charge >= 0.3 is 11.9 Å². The maximum Gasteiger partial charge on any atom is 0.348 e. The van der Waals surface area contributed by atoms with Crippen molar-refractivity contribution in [2.75, 3.05) is 0 Å². The van der Waals surface area contributed by atoms with E-state index in [2.05, 4.69) is 9.97 Å². The highest BCUT2D eigenvalue weighted by Gasteiger charge is 2.21. The number of fused-ring (bicyclic) bond motifs is 1. The summed E-state index contributed by atoms with van der Waals surface area (Å²) in [5, 5.41) is 19.2. The first kappa shape index (κ1) is 16.0. The van der Waals surface area contributed by atoms with Crippen molar-refractivity contribution in [1.29, 1.82) is 0 Å². The van der Waals surface area contributed by atoms with Crippen LogP contribution in [0.1, 0.15) is 20.0 Å². The Morgan fingerprint density at radius 3 is 2.42 bits per heavy atom. The van der Waals surface area contributed by atoms with Gasteiger partial charge in [0.1, 0.15) is 16.7 Å². The molecule has 0 fully saturated rings. The molecule has 128 valence electrons. The Morgan fingerprint density at radius 2 is 1.73 bits per heavy atom. The predicted octanol–water partition coefficient (Wildman–Crippen LogP) is 3.55. The number of carbonyl (C=O) groups is 2. The van der Waals surface area contributed by atoms with Crippen molar-refractivity contribution in [3.8, 4) is 16.4 Å². The lowest BCUT2D eigenvalue weighted by Crippen LogP contribution is -1.97. The van der Waals surface area contributed by atoms with Crippen LogP contribution in [0.3, 0.4) is 0 Å². The normalized spacial score (nSPS) is 10.9. The highest BCUT2D eigenvalue weighted by atomic mass is 32.1. The molecule has 0 atom stereocenters. The third-order valence-electron chi connectivity index (χ3n) is 3.87. The molecule has 2 aromatic heterocycles. The lowest BCUT2D eigenvalue weighted by Gasteiger charge is -2.00. The number of carboxylic acids is 2. The molecule has 0 radical (unpaired) electrons. The minimum atomic E-state index is -1.07. The van der Waals surface area contributed by atoms with E-state index in [9.17, 15) is 19.8 Å². The van der Waals surface area contributed by atoms with Gasteiger partial charge in [-0.25, -0.2) is 19.6 Å². The lowest BCUT2D eigenvalue weighted by molar-refractivity contribution is 0.0689. The van der Waals surface area contributed by atoms with E-state index in [-0.39, 0.29) is 10.4 Å². The fourth-order valence-corrected chi connectivity index (χ4v) is 3.62. The summed E-state index contributed by atoms with van der Waals surface area (Å²) in [6, 6.07) is 13.9. The molecule has 7 nitrogen and oxygen atoms in total. The molecule has 0 aliphatic heterocycles. The van der Waals surface area contributed by atoms with Crippen LogP contribution in [0.5, 0.6) is 0 Å². The van der Waals surface area contributed by atoms with Crippen molar-refractivity contribution in [2.24, 2.45) is 0 Å². The molecule has 0 bridgehead atoms. The fourth-order valence-electron chi connectivity index (χ4n) is 2.71. The van der Waals surface area contributed by atoms with Crippen LogP contribution in [0.2, 0.25) is 0 Å². The molecule has 0 saturated heterocycles. The number of nitrogens with zero attached hydrogens (tertiary/aromatic N) is 3. The Morgan fingerprint density at radius 1 is 0.962 bits per heavy atom. The summed E-state index contributed by atoms with van der Waals surface area (Å²) in [6.07, 6.45) is 1.45. The molecule has 4 rings (SSSR count). The van der Waals surface area contributed by atoms with E-state index in [1.54, 1.807) is 28.8 Å². The summed E-state index contributed by atoms with van der Waals surface area (Å²) < 4.78 is 1.60. The van der Waals surface area contributed by atoms with Gasteiger partial charge in [0, 0.05) is 5.56 Å². The Balaban J connectivity index is 1.92. The minimum Gasteiger partial charge on any atom is -0.478 e. The largest absolute Gasteiger partial charge is 0.478 e. The molecule has 0 aliphatic rings. The molecule has 0 spiro atoms. The number of benzene rings is 2. The van der Waals surface area contributed by atoms with Gasteiger partial charge in [-0.15, -0.1) is 0 Å². The monoisotopic (exact) mass is 365 g/mol. The van der Waals surface area contributed by atoms with Crippen LogP contribution in [-0.4, -0.2) is 36.7 Å². The Kier molecular flexibility index (Phi) is 3.74. The molecular formula is C18H11N3O4S. The van der Waals surface area contributed by atoms with Crippen LogP contribution in [0.4, 0.5) is 0 Å². The molecule has 2 aromatic carbocycles. The molecule has 26 heavy (non-hydrogen) atoms. The first-order chi connectivity index (χ1) is 12.6. The zero-order valence-corrected chi connectivity index (χ0v) is 14.0. The third kappa shape index (κ3) is 2.52. The molecule has 0 aliphatic carbocycles. The van der Waals surface area contributed by atoms with Gasteiger partial charge < -0.3 is 10.2 Å². The maximum absolute atomic E-state index is 11.7. The average molecular weight is 365 g/mol. The van der Waals surface area contributed by atoms with Gasteiger partial charge in [0.15, 0.2) is 5.13 Å². The summed E-state index contributed by atoms with van der Waals surface area (Å²) in [4.78, 5) is 31.8. The van der Waals surface area contributed by atoms with E-state index >= 15 is 0 Å². The van der Waals surface area contributed by atoms with E-state index in [4.69, 9.17) is 0 Å². The van der Waals surface area contributed by atoms with Gasteiger partial charge in [-0.2, -0.15) is 0 Å². The molecule has 0 amide bonds. The Bertz CT molecular complexity index is 1150. The third-order valence-corrected chi connectivity index (χ3v) is 4.91. The van der Waals surface area contributed by atoms with Crippen LogP contribution in [-0.2, 0) is 0 Å². The second kappa shape index (κ2) is 6.08. The summed E-state index contributed by atoms with van der Waals surface area (Å²) in [7, 11) is 0. The van der Waals surface area contributed by atoms with E-state index in [0.717, 1.165) is 11.3 Å². The van der Waals surface area contributed by atoms with Gasteiger partial charge in [0.2, 0.25) is 0 Å². The second-order valence-corrected chi connectivity index (χ2v) is 6.42. The molecule has 2 heterocycles. The van der Waals surface area contributed by atoms with Gasteiger partial charge in [-0.1, -0.05) is 47.7 Å². The number of carboxylic acid groups (broad SMARTS) is 2. The topological polar surface area (TPSA) is 105 Å². The number of hydrogen-bond donors (Lipinski definition) is 2. The highest BCUT2D eigenvalue weighted by Crippen LogP contribution is 2.32. The second-order valence-electron chi connectivity index (χ2n) is 5.44. The Labute approximate surface area is 150 Å². The van der Waals surface area contributed by atoms with Crippen molar-refractivity contribution < 1.29 is 19.8 Å². The van der Waals surface area contributed by atoms with Gasteiger partial charge in [-0.3, -0.25) is 4.57 Å². The first-order valence-electron chi connectivity index (χ1n) is 7.55. The minimum absolute atomic E-state index is 0.0829. The number of rotatable bonds is 4. The number of hydrogen-bond acceptors (Lipinski definition) is 5. The molecule has 0 unspecified atom stereocenters. The van der Waals surface area contributed by atoms with Crippen LogP contribution >= 0.6 is 11.3 Å².